The van der Waals surface area contributed by atoms with Gasteiger partial charge >= 0.3 is 0 Å². The second-order valence-corrected chi connectivity index (χ2v) is 6.76. The van der Waals surface area contributed by atoms with Crippen LogP contribution in [0.1, 0.15) is 30.3 Å². The number of rotatable bonds is 10. The van der Waals surface area contributed by atoms with Crippen molar-refractivity contribution in [2.45, 2.75) is 38.9 Å². The Kier molecular flexibility index (Phi) is 10.4. The number of aromatic nitrogens is 2. The van der Waals surface area contributed by atoms with Crippen molar-refractivity contribution in [3.8, 4) is 11.5 Å². The second kappa shape index (κ2) is 12.0. The summed E-state index contributed by atoms with van der Waals surface area (Å²) in [7, 11) is 1.67. The van der Waals surface area contributed by atoms with Crippen LogP contribution < -0.4 is 14.8 Å². The summed E-state index contributed by atoms with van der Waals surface area (Å²) in [6, 6.07) is 7.98. The summed E-state index contributed by atoms with van der Waals surface area (Å²) in [5.41, 5.74) is 3.16. The molecule has 0 bridgehead atoms. The van der Waals surface area contributed by atoms with Crippen molar-refractivity contribution in [2.24, 2.45) is 0 Å². The van der Waals surface area contributed by atoms with Gasteiger partial charge in [0.2, 0.25) is 0 Å². The number of halogens is 1. The quantitative estimate of drug-likeness (QED) is 0.368. The molecule has 1 heterocycles. The predicted octanol–water partition coefficient (Wildman–Crippen LogP) is 4.19. The molecule has 1 aromatic heterocycles. The van der Waals surface area contributed by atoms with Crippen LogP contribution in [0.2, 0.25) is 0 Å². The summed E-state index contributed by atoms with van der Waals surface area (Å²) in [4.78, 5) is 8.90. The first kappa shape index (κ1) is 22.5. The summed E-state index contributed by atoms with van der Waals surface area (Å²) in [5, 5.41) is 4.34. The molecular formula is C19H28ClN3O2S. The van der Waals surface area contributed by atoms with E-state index in [2.05, 4.69) is 21.4 Å². The van der Waals surface area contributed by atoms with Gasteiger partial charge in [-0.25, -0.2) is 9.97 Å². The van der Waals surface area contributed by atoms with E-state index in [0.29, 0.717) is 6.61 Å². The van der Waals surface area contributed by atoms with Crippen LogP contribution in [-0.2, 0) is 6.54 Å². The Morgan fingerprint density at radius 3 is 2.54 bits per heavy atom. The Bertz CT molecular complexity index is 666. The first-order valence-electron chi connectivity index (χ1n) is 8.58. The molecule has 0 aliphatic rings. The highest BCUT2D eigenvalue weighted by molar-refractivity contribution is 7.99. The minimum absolute atomic E-state index is 0. The number of aryl methyl sites for hydroxylation is 2. The third-order valence-electron chi connectivity index (χ3n) is 3.58. The van der Waals surface area contributed by atoms with Gasteiger partial charge in [-0.05, 0) is 45.9 Å². The third-order valence-corrected chi connectivity index (χ3v) is 4.51. The lowest BCUT2D eigenvalue weighted by molar-refractivity contribution is 0.307. The van der Waals surface area contributed by atoms with Crippen molar-refractivity contribution in [2.75, 3.05) is 26.0 Å². The molecule has 0 aliphatic heterocycles. The van der Waals surface area contributed by atoms with Crippen molar-refractivity contribution in [3.63, 3.8) is 0 Å². The van der Waals surface area contributed by atoms with Crippen LogP contribution in [0.5, 0.6) is 11.5 Å². The molecule has 2 rings (SSSR count). The van der Waals surface area contributed by atoms with Crippen LogP contribution in [0.25, 0.3) is 0 Å². The lowest BCUT2D eigenvalue weighted by atomic mass is 10.2. The van der Waals surface area contributed by atoms with Gasteiger partial charge in [0.05, 0.1) is 13.7 Å². The molecule has 1 aromatic carbocycles. The van der Waals surface area contributed by atoms with Crippen LogP contribution >= 0.6 is 24.2 Å². The SMILES string of the molecule is CCOc1c(CNCCCSc2nc(C)cc(C)n2)cccc1OC.Cl. The zero-order valence-corrected chi connectivity index (χ0v) is 17.5. The van der Waals surface area contributed by atoms with Gasteiger partial charge in [-0.1, -0.05) is 23.9 Å². The molecule has 1 N–H and O–H groups in total. The normalized spacial score (nSPS) is 10.3. The van der Waals surface area contributed by atoms with Crippen LogP contribution in [0.3, 0.4) is 0 Å². The molecule has 26 heavy (non-hydrogen) atoms. The highest BCUT2D eigenvalue weighted by Gasteiger charge is 2.09. The van der Waals surface area contributed by atoms with Gasteiger partial charge in [0, 0.05) is 29.2 Å². The van der Waals surface area contributed by atoms with Gasteiger partial charge in [0.25, 0.3) is 0 Å². The molecule has 0 spiro atoms. The average Bonchev–Trinajstić information content (AvgIpc) is 2.58. The molecule has 0 radical (unpaired) electrons. The number of thioether (sulfide) groups is 1. The first-order chi connectivity index (χ1) is 12.1. The molecule has 144 valence electrons. The Balaban J connectivity index is 0.00000338. The van der Waals surface area contributed by atoms with Gasteiger partial charge in [-0.15, -0.1) is 12.4 Å². The van der Waals surface area contributed by atoms with Crippen LogP contribution in [0, 0.1) is 13.8 Å². The first-order valence-corrected chi connectivity index (χ1v) is 9.57. The van der Waals surface area contributed by atoms with E-state index in [-0.39, 0.29) is 12.4 Å². The van der Waals surface area contributed by atoms with E-state index in [0.717, 1.165) is 58.9 Å². The summed E-state index contributed by atoms with van der Waals surface area (Å²) < 4.78 is 11.1. The van der Waals surface area contributed by atoms with E-state index in [1.165, 1.54) is 0 Å². The Labute approximate surface area is 166 Å². The molecule has 0 fully saturated rings. The fourth-order valence-corrected chi connectivity index (χ4v) is 3.40. The number of para-hydroxylation sites is 1. The van der Waals surface area contributed by atoms with Crippen LogP contribution in [-0.4, -0.2) is 36.0 Å². The molecule has 0 saturated carbocycles. The summed E-state index contributed by atoms with van der Waals surface area (Å²) in [6.07, 6.45) is 1.05. The molecule has 0 amide bonds. The summed E-state index contributed by atoms with van der Waals surface area (Å²) in [5.74, 6) is 2.61. The van der Waals surface area contributed by atoms with E-state index in [1.807, 2.05) is 39.0 Å². The number of nitrogens with one attached hydrogen (secondary N) is 1. The van der Waals surface area contributed by atoms with E-state index in [4.69, 9.17) is 9.47 Å². The second-order valence-electron chi connectivity index (χ2n) is 5.69. The summed E-state index contributed by atoms with van der Waals surface area (Å²) in [6.45, 7) is 8.31. The Morgan fingerprint density at radius 1 is 1.15 bits per heavy atom. The number of benzene rings is 1. The molecule has 0 unspecified atom stereocenters. The van der Waals surface area contributed by atoms with Gasteiger partial charge in [0.15, 0.2) is 16.7 Å². The Morgan fingerprint density at radius 2 is 1.88 bits per heavy atom. The maximum Gasteiger partial charge on any atom is 0.187 e. The minimum Gasteiger partial charge on any atom is -0.493 e. The number of ether oxygens (including phenoxy) is 2. The largest absolute Gasteiger partial charge is 0.493 e. The molecule has 0 saturated heterocycles. The maximum atomic E-state index is 5.73. The summed E-state index contributed by atoms with van der Waals surface area (Å²) >= 11 is 1.71. The predicted molar refractivity (Wildman–Crippen MR) is 110 cm³/mol. The van der Waals surface area contributed by atoms with Crippen molar-refractivity contribution < 1.29 is 9.47 Å². The van der Waals surface area contributed by atoms with E-state index in [9.17, 15) is 0 Å². The number of hydrogen-bond donors (Lipinski definition) is 1. The van der Waals surface area contributed by atoms with Gasteiger partial charge < -0.3 is 14.8 Å². The molecular weight excluding hydrogens is 370 g/mol. The average molecular weight is 398 g/mol. The van der Waals surface area contributed by atoms with Crippen molar-refractivity contribution in [1.82, 2.24) is 15.3 Å². The zero-order chi connectivity index (χ0) is 18.1. The fraction of sp³-hybridized carbons (Fsp3) is 0.474. The Hall–Kier alpha value is -1.50. The van der Waals surface area contributed by atoms with Crippen LogP contribution in [0.4, 0.5) is 0 Å². The molecule has 0 aliphatic carbocycles. The lowest BCUT2D eigenvalue weighted by Crippen LogP contribution is -2.16. The van der Waals surface area contributed by atoms with Gasteiger partial charge in [-0.2, -0.15) is 0 Å². The van der Waals surface area contributed by atoms with Crippen molar-refractivity contribution in [1.29, 1.82) is 0 Å². The number of hydrogen-bond acceptors (Lipinski definition) is 6. The van der Waals surface area contributed by atoms with E-state index in [1.54, 1.807) is 18.9 Å². The van der Waals surface area contributed by atoms with Crippen LogP contribution in [0.15, 0.2) is 29.4 Å². The third kappa shape index (κ3) is 7.02. The molecule has 5 nitrogen and oxygen atoms in total. The topological polar surface area (TPSA) is 56.3 Å². The van der Waals surface area contributed by atoms with Crippen molar-refractivity contribution >= 4 is 24.2 Å². The van der Waals surface area contributed by atoms with E-state index < -0.39 is 0 Å². The number of nitrogens with zero attached hydrogens (tertiary/aromatic N) is 2. The van der Waals surface area contributed by atoms with Crippen molar-refractivity contribution in [3.05, 3.63) is 41.2 Å². The minimum atomic E-state index is 0. The monoisotopic (exact) mass is 397 g/mol. The smallest absolute Gasteiger partial charge is 0.187 e. The molecule has 0 atom stereocenters. The zero-order valence-electron chi connectivity index (χ0n) is 15.9. The fourth-order valence-electron chi connectivity index (χ4n) is 2.51. The van der Waals surface area contributed by atoms with Gasteiger partial charge in [-0.3, -0.25) is 0 Å². The molecule has 7 heteroatoms. The van der Waals surface area contributed by atoms with Gasteiger partial charge in [0.1, 0.15) is 0 Å². The van der Waals surface area contributed by atoms with E-state index >= 15 is 0 Å². The molecule has 2 aromatic rings. The highest BCUT2D eigenvalue weighted by Crippen LogP contribution is 2.31. The standard InChI is InChI=1S/C19H27N3O2S.ClH/c1-5-24-18-16(8-6-9-17(18)23-4)13-20-10-7-11-25-19-21-14(2)12-15(3)22-19;/h6,8-9,12,20H,5,7,10-11,13H2,1-4H3;1H. The lowest BCUT2D eigenvalue weighted by Gasteiger charge is -2.14. The highest BCUT2D eigenvalue weighted by atomic mass is 35.5. The maximum absolute atomic E-state index is 5.73. The number of methoxy groups -OCH3 is 1.